The van der Waals surface area contributed by atoms with Gasteiger partial charge in [0.15, 0.2) is 0 Å². The first-order valence-corrected chi connectivity index (χ1v) is 6.35. The lowest BCUT2D eigenvalue weighted by atomic mass is 10.0. The molecule has 1 N–H and O–H groups in total. The van der Waals surface area contributed by atoms with E-state index in [0.29, 0.717) is 12.3 Å². The lowest BCUT2D eigenvalue weighted by Crippen LogP contribution is -2.02. The molecule has 2 aromatic rings. The molecule has 0 aliphatic rings. The molecular formula is C13H14N2O2S. The highest BCUT2D eigenvalue weighted by molar-refractivity contribution is 7.10. The predicted molar refractivity (Wildman–Crippen MR) is 73.3 cm³/mol. The average Bonchev–Trinajstić information content (AvgIpc) is 2.78. The summed E-state index contributed by atoms with van der Waals surface area (Å²) in [5.74, 6) is 0.546. The van der Waals surface area contributed by atoms with Crippen LogP contribution in [0.3, 0.4) is 0 Å². The number of ether oxygens (including phenoxy) is 1. The van der Waals surface area contributed by atoms with Gasteiger partial charge in [-0.05, 0) is 30.9 Å². The van der Waals surface area contributed by atoms with Gasteiger partial charge in [0.25, 0.3) is 0 Å². The van der Waals surface area contributed by atoms with E-state index in [0.717, 1.165) is 22.5 Å². The summed E-state index contributed by atoms with van der Waals surface area (Å²) in [6.07, 6.45) is 0.668. The van der Waals surface area contributed by atoms with E-state index in [9.17, 15) is 4.79 Å². The number of amides is 1. The van der Waals surface area contributed by atoms with Crippen LogP contribution < -0.4 is 10.1 Å². The first-order valence-electron chi connectivity index (χ1n) is 5.47. The zero-order valence-electron chi connectivity index (χ0n) is 10.5. The van der Waals surface area contributed by atoms with Gasteiger partial charge < -0.3 is 10.1 Å². The normalized spacial score (nSPS) is 10.2. The molecule has 18 heavy (non-hydrogen) atoms. The van der Waals surface area contributed by atoms with Gasteiger partial charge in [-0.25, -0.2) is 4.98 Å². The Bertz CT molecular complexity index is 578. The second-order valence-electron chi connectivity index (χ2n) is 3.83. The number of methoxy groups -OCH3 is 1. The van der Waals surface area contributed by atoms with E-state index in [-0.39, 0.29) is 0 Å². The third kappa shape index (κ3) is 2.22. The Hall–Kier alpha value is -1.88. The van der Waals surface area contributed by atoms with Crippen molar-refractivity contribution in [1.82, 2.24) is 4.98 Å². The Morgan fingerprint density at radius 3 is 2.72 bits per heavy atom. The number of carbonyl (C=O) groups is 1. The van der Waals surface area contributed by atoms with Crippen molar-refractivity contribution in [3.63, 3.8) is 0 Å². The predicted octanol–water partition coefficient (Wildman–Crippen LogP) is 3.00. The van der Waals surface area contributed by atoms with Gasteiger partial charge in [-0.2, -0.15) is 0 Å². The van der Waals surface area contributed by atoms with Gasteiger partial charge >= 0.3 is 0 Å². The number of carbonyl (C=O) groups excluding carboxylic acids is 1. The second-order valence-corrected chi connectivity index (χ2v) is 4.95. The molecule has 0 spiro atoms. The molecule has 94 valence electrons. The number of nitrogens with one attached hydrogen (secondary N) is 1. The summed E-state index contributed by atoms with van der Waals surface area (Å²) in [5.41, 5.74) is 3.49. The summed E-state index contributed by atoms with van der Waals surface area (Å²) in [5, 5.41) is 4.74. The number of rotatable bonds is 4. The topological polar surface area (TPSA) is 51.2 Å². The summed E-state index contributed by atoms with van der Waals surface area (Å²) in [6, 6.07) is 3.87. The van der Waals surface area contributed by atoms with Gasteiger partial charge in [-0.3, -0.25) is 4.79 Å². The highest BCUT2D eigenvalue weighted by atomic mass is 32.1. The van der Waals surface area contributed by atoms with E-state index in [1.165, 1.54) is 4.88 Å². The standard InChI is InChI=1S/C13H14N2O2S/c1-8-13(14-7-16)11(6-12(15-8)17-3)10-4-5-18-9(10)2/h4-7H,1-3H3,(H,14,16). The molecular weight excluding hydrogens is 248 g/mol. The Morgan fingerprint density at radius 2 is 2.17 bits per heavy atom. The second kappa shape index (κ2) is 5.18. The molecule has 0 aromatic carbocycles. The van der Waals surface area contributed by atoms with Crippen molar-refractivity contribution < 1.29 is 9.53 Å². The van der Waals surface area contributed by atoms with Crippen LogP contribution in [0.1, 0.15) is 10.6 Å². The fourth-order valence-corrected chi connectivity index (χ4v) is 2.58. The molecule has 1 amide bonds. The van der Waals surface area contributed by atoms with Crippen LogP contribution in [0.15, 0.2) is 17.5 Å². The number of thiophene rings is 1. The summed E-state index contributed by atoms with van der Waals surface area (Å²) in [7, 11) is 1.58. The lowest BCUT2D eigenvalue weighted by molar-refractivity contribution is -0.105. The Morgan fingerprint density at radius 1 is 1.39 bits per heavy atom. The van der Waals surface area contributed by atoms with Crippen molar-refractivity contribution in [2.75, 3.05) is 12.4 Å². The van der Waals surface area contributed by atoms with Crippen molar-refractivity contribution in [2.24, 2.45) is 0 Å². The largest absolute Gasteiger partial charge is 0.481 e. The molecule has 4 nitrogen and oxygen atoms in total. The highest BCUT2D eigenvalue weighted by Crippen LogP contribution is 2.36. The molecule has 2 aromatic heterocycles. The summed E-state index contributed by atoms with van der Waals surface area (Å²) in [4.78, 5) is 16.2. The maximum absolute atomic E-state index is 10.7. The fourth-order valence-electron chi connectivity index (χ4n) is 1.87. The fraction of sp³-hybridized carbons (Fsp3) is 0.231. The number of hydrogen-bond acceptors (Lipinski definition) is 4. The zero-order chi connectivity index (χ0) is 13.1. The number of nitrogens with zero attached hydrogens (tertiary/aromatic N) is 1. The van der Waals surface area contributed by atoms with Gasteiger partial charge in [0, 0.05) is 16.5 Å². The van der Waals surface area contributed by atoms with Crippen molar-refractivity contribution >= 4 is 23.4 Å². The SMILES string of the molecule is COc1cc(-c2ccsc2C)c(NC=O)c(C)n1. The zero-order valence-corrected chi connectivity index (χ0v) is 11.3. The number of aryl methyl sites for hydroxylation is 2. The highest BCUT2D eigenvalue weighted by Gasteiger charge is 2.14. The van der Waals surface area contributed by atoms with Crippen LogP contribution in [0.2, 0.25) is 0 Å². The van der Waals surface area contributed by atoms with E-state index in [2.05, 4.69) is 10.3 Å². The van der Waals surface area contributed by atoms with Crippen LogP contribution >= 0.6 is 11.3 Å². The number of aromatic nitrogens is 1. The lowest BCUT2D eigenvalue weighted by Gasteiger charge is -2.12. The van der Waals surface area contributed by atoms with E-state index >= 15 is 0 Å². The van der Waals surface area contributed by atoms with Crippen LogP contribution in [0.4, 0.5) is 5.69 Å². The molecule has 2 heterocycles. The minimum atomic E-state index is 0.546. The molecule has 0 aliphatic heterocycles. The molecule has 0 saturated carbocycles. The molecule has 5 heteroatoms. The van der Waals surface area contributed by atoms with E-state index in [1.807, 2.05) is 31.4 Å². The molecule has 0 saturated heterocycles. The minimum absolute atomic E-state index is 0.546. The minimum Gasteiger partial charge on any atom is -0.481 e. The van der Waals surface area contributed by atoms with Crippen molar-refractivity contribution in [3.8, 4) is 17.0 Å². The number of anilines is 1. The van der Waals surface area contributed by atoms with Gasteiger partial charge in [0.05, 0.1) is 18.5 Å². The number of hydrogen-bond donors (Lipinski definition) is 1. The van der Waals surface area contributed by atoms with E-state index in [1.54, 1.807) is 18.4 Å². The molecule has 0 fully saturated rings. The summed E-state index contributed by atoms with van der Waals surface area (Å²) < 4.78 is 5.18. The van der Waals surface area contributed by atoms with Crippen LogP contribution in [0.5, 0.6) is 5.88 Å². The van der Waals surface area contributed by atoms with Crippen molar-refractivity contribution in [1.29, 1.82) is 0 Å². The van der Waals surface area contributed by atoms with Crippen LogP contribution in [0, 0.1) is 13.8 Å². The van der Waals surface area contributed by atoms with Crippen LogP contribution in [0.25, 0.3) is 11.1 Å². The third-order valence-corrected chi connectivity index (χ3v) is 3.58. The Kier molecular flexibility index (Phi) is 3.62. The Balaban J connectivity index is 2.66. The smallest absolute Gasteiger partial charge is 0.213 e. The van der Waals surface area contributed by atoms with Crippen molar-refractivity contribution in [2.45, 2.75) is 13.8 Å². The maximum atomic E-state index is 10.7. The van der Waals surface area contributed by atoms with E-state index < -0.39 is 0 Å². The first-order chi connectivity index (χ1) is 8.67. The van der Waals surface area contributed by atoms with Crippen LogP contribution in [-0.4, -0.2) is 18.5 Å². The molecule has 0 unspecified atom stereocenters. The van der Waals surface area contributed by atoms with Crippen LogP contribution in [-0.2, 0) is 4.79 Å². The monoisotopic (exact) mass is 262 g/mol. The third-order valence-electron chi connectivity index (χ3n) is 2.74. The summed E-state index contributed by atoms with van der Waals surface area (Å²) >= 11 is 1.67. The first kappa shape index (κ1) is 12.6. The molecule has 0 radical (unpaired) electrons. The molecule has 0 aliphatic carbocycles. The molecule has 2 rings (SSSR count). The van der Waals surface area contributed by atoms with Gasteiger partial charge in [0.2, 0.25) is 12.3 Å². The number of pyridine rings is 1. The summed E-state index contributed by atoms with van der Waals surface area (Å²) in [6.45, 7) is 3.90. The molecule has 0 atom stereocenters. The average molecular weight is 262 g/mol. The Labute approximate surface area is 110 Å². The van der Waals surface area contributed by atoms with E-state index in [4.69, 9.17) is 4.74 Å². The van der Waals surface area contributed by atoms with Gasteiger partial charge in [0.1, 0.15) is 0 Å². The van der Waals surface area contributed by atoms with Crippen molar-refractivity contribution in [3.05, 3.63) is 28.1 Å². The molecule has 0 bridgehead atoms. The maximum Gasteiger partial charge on any atom is 0.213 e. The van der Waals surface area contributed by atoms with Gasteiger partial charge in [-0.1, -0.05) is 0 Å². The van der Waals surface area contributed by atoms with Gasteiger partial charge in [-0.15, -0.1) is 11.3 Å². The quantitative estimate of drug-likeness (QED) is 0.862.